The van der Waals surface area contributed by atoms with Gasteiger partial charge in [-0.25, -0.2) is 4.39 Å². The molecule has 136 valence electrons. The van der Waals surface area contributed by atoms with Gasteiger partial charge < -0.3 is 4.90 Å². The molecule has 0 unspecified atom stereocenters. The van der Waals surface area contributed by atoms with Crippen LogP contribution in [0.2, 0.25) is 5.02 Å². The van der Waals surface area contributed by atoms with Crippen LogP contribution in [0.15, 0.2) is 45.9 Å². The Morgan fingerprint density at radius 2 is 2.00 bits per heavy atom. The van der Waals surface area contributed by atoms with Gasteiger partial charge in [-0.15, -0.1) is 0 Å². The standard InChI is InChI=1S/C21H21BrClFN2/c1-5-26-20-10-19(24)14(8-16(20)13(2)11-21(26,3)4)12-25-15-6-7-17(22)18(23)9-15/h6-12H,5H2,1-4H3. The molecule has 2 nitrogen and oxygen atoms in total. The van der Waals surface area contributed by atoms with Crippen molar-refractivity contribution < 1.29 is 4.39 Å². The molecule has 0 saturated carbocycles. The molecule has 0 atom stereocenters. The Kier molecular flexibility index (Phi) is 5.27. The quantitative estimate of drug-likeness (QED) is 0.473. The van der Waals surface area contributed by atoms with Crippen molar-refractivity contribution in [3.63, 3.8) is 0 Å². The number of rotatable bonds is 3. The Bertz CT molecular complexity index is 918. The van der Waals surface area contributed by atoms with Crippen molar-refractivity contribution in [2.24, 2.45) is 4.99 Å². The number of nitrogens with zero attached hydrogens (tertiary/aromatic N) is 2. The Morgan fingerprint density at radius 1 is 1.27 bits per heavy atom. The summed E-state index contributed by atoms with van der Waals surface area (Å²) in [6, 6.07) is 8.89. The molecule has 5 heteroatoms. The Morgan fingerprint density at radius 3 is 2.65 bits per heavy atom. The number of benzene rings is 2. The molecule has 0 spiro atoms. The second kappa shape index (κ2) is 7.16. The van der Waals surface area contributed by atoms with Gasteiger partial charge in [0.2, 0.25) is 0 Å². The maximum atomic E-state index is 14.7. The number of hydrogen-bond donors (Lipinski definition) is 0. The molecule has 26 heavy (non-hydrogen) atoms. The van der Waals surface area contributed by atoms with E-state index in [1.807, 2.05) is 18.2 Å². The van der Waals surface area contributed by atoms with Crippen LogP contribution in [0.3, 0.4) is 0 Å². The third kappa shape index (κ3) is 3.58. The van der Waals surface area contributed by atoms with Crippen molar-refractivity contribution in [2.45, 2.75) is 33.2 Å². The van der Waals surface area contributed by atoms with Gasteiger partial charge in [0.1, 0.15) is 5.82 Å². The van der Waals surface area contributed by atoms with E-state index in [0.29, 0.717) is 16.3 Å². The SMILES string of the molecule is CCN1c2cc(F)c(C=Nc3ccc(Br)c(Cl)c3)cc2C(C)=CC1(C)C. The minimum atomic E-state index is -0.278. The van der Waals surface area contributed by atoms with Gasteiger partial charge in [0.15, 0.2) is 0 Å². The molecule has 0 amide bonds. The van der Waals surface area contributed by atoms with Gasteiger partial charge in [0.25, 0.3) is 0 Å². The lowest BCUT2D eigenvalue weighted by Gasteiger charge is -2.42. The van der Waals surface area contributed by atoms with E-state index in [1.165, 1.54) is 0 Å². The molecule has 0 aromatic heterocycles. The summed E-state index contributed by atoms with van der Waals surface area (Å²) in [5, 5.41) is 0.574. The molecule has 0 radical (unpaired) electrons. The van der Waals surface area contributed by atoms with Crippen LogP contribution < -0.4 is 4.90 Å². The maximum Gasteiger partial charge on any atom is 0.134 e. The minimum Gasteiger partial charge on any atom is -0.363 e. The maximum absolute atomic E-state index is 14.7. The van der Waals surface area contributed by atoms with Crippen molar-refractivity contribution in [3.8, 4) is 0 Å². The first-order chi connectivity index (χ1) is 12.2. The largest absolute Gasteiger partial charge is 0.363 e. The van der Waals surface area contributed by atoms with Crippen LogP contribution in [-0.4, -0.2) is 18.3 Å². The van der Waals surface area contributed by atoms with Crippen LogP contribution in [0.1, 0.15) is 38.8 Å². The van der Waals surface area contributed by atoms with E-state index in [1.54, 1.807) is 18.3 Å². The molecule has 0 aliphatic carbocycles. The van der Waals surface area contributed by atoms with Crippen LogP contribution >= 0.6 is 27.5 Å². The van der Waals surface area contributed by atoms with Crippen LogP contribution in [0.5, 0.6) is 0 Å². The predicted molar refractivity (Wildman–Crippen MR) is 114 cm³/mol. The van der Waals surface area contributed by atoms with Crippen LogP contribution in [0.25, 0.3) is 5.57 Å². The van der Waals surface area contributed by atoms with E-state index in [9.17, 15) is 4.39 Å². The topological polar surface area (TPSA) is 15.6 Å². The number of hydrogen-bond acceptors (Lipinski definition) is 2. The number of halogens is 3. The second-order valence-electron chi connectivity index (χ2n) is 6.97. The third-order valence-corrected chi connectivity index (χ3v) is 5.90. The number of fused-ring (bicyclic) bond motifs is 1. The van der Waals surface area contributed by atoms with Gasteiger partial charge in [0, 0.05) is 34.0 Å². The molecule has 3 rings (SSSR count). The molecule has 2 aromatic carbocycles. The zero-order chi connectivity index (χ0) is 19.1. The summed E-state index contributed by atoms with van der Waals surface area (Å²) in [6.07, 6.45) is 3.78. The van der Waals surface area contributed by atoms with Gasteiger partial charge in [-0.3, -0.25) is 4.99 Å². The van der Waals surface area contributed by atoms with Crippen molar-refractivity contribution in [1.29, 1.82) is 0 Å². The van der Waals surface area contributed by atoms with Crippen LogP contribution in [-0.2, 0) is 0 Å². The molecule has 0 fully saturated rings. The lowest BCUT2D eigenvalue weighted by molar-refractivity contribution is 0.561. The summed E-state index contributed by atoms with van der Waals surface area (Å²) in [6.45, 7) is 9.26. The molecular weight excluding hydrogens is 415 g/mol. The first-order valence-corrected chi connectivity index (χ1v) is 9.70. The molecular formula is C21H21BrClFN2. The highest BCUT2D eigenvalue weighted by molar-refractivity contribution is 9.10. The molecule has 1 aliphatic rings. The zero-order valence-corrected chi connectivity index (χ0v) is 17.6. The van der Waals surface area contributed by atoms with Crippen molar-refractivity contribution >= 4 is 50.7 Å². The summed E-state index contributed by atoms with van der Waals surface area (Å²) in [5.41, 5.74) is 4.13. The first-order valence-electron chi connectivity index (χ1n) is 8.53. The third-order valence-electron chi connectivity index (χ3n) is 4.67. The summed E-state index contributed by atoms with van der Waals surface area (Å²) < 4.78 is 15.5. The number of likely N-dealkylation sites (N-methyl/N-ethyl adjacent to an activating group) is 1. The summed E-state index contributed by atoms with van der Waals surface area (Å²) in [4.78, 5) is 6.59. The van der Waals surface area contributed by atoms with Gasteiger partial charge in [-0.1, -0.05) is 17.7 Å². The van der Waals surface area contributed by atoms with Crippen LogP contribution in [0, 0.1) is 5.82 Å². The van der Waals surface area contributed by atoms with Gasteiger partial charge >= 0.3 is 0 Å². The number of allylic oxidation sites excluding steroid dienone is 1. The molecule has 0 N–H and O–H groups in total. The fourth-order valence-electron chi connectivity index (χ4n) is 3.50. The van der Waals surface area contributed by atoms with E-state index >= 15 is 0 Å². The van der Waals surface area contributed by atoms with Gasteiger partial charge in [-0.05, 0) is 79.5 Å². The smallest absolute Gasteiger partial charge is 0.134 e. The fourth-order valence-corrected chi connectivity index (χ4v) is 3.92. The summed E-state index contributed by atoms with van der Waals surface area (Å²) in [5.74, 6) is -0.278. The molecule has 0 saturated heterocycles. The van der Waals surface area contributed by atoms with Crippen molar-refractivity contribution in [1.82, 2.24) is 0 Å². The van der Waals surface area contributed by atoms with Gasteiger partial charge in [0.05, 0.1) is 16.2 Å². The monoisotopic (exact) mass is 434 g/mol. The van der Waals surface area contributed by atoms with E-state index in [4.69, 9.17) is 11.6 Å². The summed E-state index contributed by atoms with van der Waals surface area (Å²) in [7, 11) is 0. The highest BCUT2D eigenvalue weighted by Gasteiger charge is 2.30. The molecule has 2 aromatic rings. The minimum absolute atomic E-state index is 0.137. The highest BCUT2D eigenvalue weighted by atomic mass is 79.9. The Balaban J connectivity index is 2.02. The lowest BCUT2D eigenvalue weighted by Crippen LogP contribution is -2.45. The average Bonchev–Trinajstić information content (AvgIpc) is 2.56. The molecule has 0 bridgehead atoms. The van der Waals surface area contributed by atoms with Crippen molar-refractivity contribution in [3.05, 3.63) is 62.8 Å². The lowest BCUT2D eigenvalue weighted by atomic mass is 9.88. The van der Waals surface area contributed by atoms with E-state index in [2.05, 4.69) is 59.6 Å². The van der Waals surface area contributed by atoms with Gasteiger partial charge in [-0.2, -0.15) is 0 Å². The van der Waals surface area contributed by atoms with Crippen molar-refractivity contribution in [2.75, 3.05) is 11.4 Å². The predicted octanol–water partition coefficient (Wildman–Crippen LogP) is 7.01. The van der Waals surface area contributed by atoms with E-state index in [0.717, 1.165) is 27.8 Å². The average molecular weight is 436 g/mol. The highest BCUT2D eigenvalue weighted by Crippen LogP contribution is 2.39. The fraction of sp³-hybridized carbons (Fsp3) is 0.286. The Hall–Kier alpha value is -1.65. The number of aliphatic imine (C=N–C) groups is 1. The summed E-state index contributed by atoms with van der Waals surface area (Å²) >= 11 is 9.44. The van der Waals surface area contributed by atoms with E-state index in [-0.39, 0.29) is 11.4 Å². The van der Waals surface area contributed by atoms with Crippen LogP contribution in [0.4, 0.5) is 15.8 Å². The molecule has 1 aliphatic heterocycles. The second-order valence-corrected chi connectivity index (χ2v) is 8.23. The Labute approximate surface area is 167 Å². The normalized spacial score (nSPS) is 16.0. The zero-order valence-electron chi connectivity index (χ0n) is 15.3. The van der Waals surface area contributed by atoms with E-state index < -0.39 is 0 Å². The molecule has 1 heterocycles. The number of anilines is 1. The first kappa shape index (κ1) is 19.1.